The van der Waals surface area contributed by atoms with Crippen LogP contribution in [0, 0.1) is 0 Å². The monoisotopic (exact) mass is 126 g/mol. The number of halogens is 1. The molecule has 0 nitrogen and oxygen atoms in total. The van der Waals surface area contributed by atoms with Gasteiger partial charge in [-0.3, -0.25) is 0 Å². The van der Waals surface area contributed by atoms with Gasteiger partial charge in [0.15, 0.2) is 0 Å². The second kappa shape index (κ2) is 4.45. The standard InChI is InChI=1S/C7H7Cl/c1-3-4-5-6-7(2)8/h4-6H,1-2H2/b6-5-. The van der Waals surface area contributed by atoms with Crippen molar-refractivity contribution in [3.8, 4) is 0 Å². The van der Waals surface area contributed by atoms with Gasteiger partial charge in [0.25, 0.3) is 0 Å². The SMILES string of the molecule is C=C=C/C=C\C(=C)Cl. The summed E-state index contributed by atoms with van der Waals surface area (Å²) in [5.74, 6) is 0. The van der Waals surface area contributed by atoms with Crippen LogP contribution in [-0.4, -0.2) is 0 Å². The fourth-order valence-electron chi connectivity index (χ4n) is 0.221. The Bertz CT molecular complexity index is 144. The third-order valence-electron chi connectivity index (χ3n) is 0.491. The molecule has 0 aromatic heterocycles. The summed E-state index contributed by atoms with van der Waals surface area (Å²) in [7, 11) is 0. The zero-order chi connectivity index (χ0) is 6.41. The highest BCUT2D eigenvalue weighted by Gasteiger charge is 1.69. The van der Waals surface area contributed by atoms with E-state index in [0.717, 1.165) is 0 Å². The second-order valence-corrected chi connectivity index (χ2v) is 1.66. The van der Waals surface area contributed by atoms with Gasteiger partial charge in [-0.05, 0) is 12.2 Å². The normalized spacial score (nSPS) is 8.62. The van der Waals surface area contributed by atoms with Gasteiger partial charge in [0.1, 0.15) is 0 Å². The van der Waals surface area contributed by atoms with Crippen LogP contribution in [0.4, 0.5) is 0 Å². The Morgan fingerprint density at radius 2 is 2.25 bits per heavy atom. The summed E-state index contributed by atoms with van der Waals surface area (Å²) in [5, 5.41) is 0.511. The molecule has 8 heavy (non-hydrogen) atoms. The van der Waals surface area contributed by atoms with Crippen molar-refractivity contribution in [2.45, 2.75) is 0 Å². The maximum absolute atomic E-state index is 5.36. The fraction of sp³-hybridized carbons (Fsp3) is 0. The van der Waals surface area contributed by atoms with Gasteiger partial charge in [0.2, 0.25) is 0 Å². The fourth-order valence-corrected chi connectivity index (χ4v) is 0.293. The Morgan fingerprint density at radius 1 is 1.62 bits per heavy atom. The maximum atomic E-state index is 5.36. The molecule has 42 valence electrons. The van der Waals surface area contributed by atoms with E-state index in [2.05, 4.69) is 18.9 Å². The van der Waals surface area contributed by atoms with Crippen LogP contribution < -0.4 is 0 Å². The first-order valence-electron chi connectivity index (χ1n) is 2.14. The molecule has 0 N–H and O–H groups in total. The first-order valence-corrected chi connectivity index (χ1v) is 2.52. The van der Waals surface area contributed by atoms with Crippen molar-refractivity contribution in [1.29, 1.82) is 0 Å². The van der Waals surface area contributed by atoms with Crippen LogP contribution in [0.5, 0.6) is 0 Å². The lowest BCUT2D eigenvalue weighted by atomic mass is 10.5. The van der Waals surface area contributed by atoms with Gasteiger partial charge >= 0.3 is 0 Å². The first kappa shape index (κ1) is 7.29. The van der Waals surface area contributed by atoms with Crippen LogP contribution in [0.15, 0.2) is 42.1 Å². The Hall–Kier alpha value is -0.710. The molecule has 0 saturated heterocycles. The van der Waals surface area contributed by atoms with E-state index in [4.69, 9.17) is 11.6 Å². The highest BCUT2D eigenvalue weighted by atomic mass is 35.5. The van der Waals surface area contributed by atoms with Crippen LogP contribution in [0.25, 0.3) is 0 Å². The molecule has 0 amide bonds. The van der Waals surface area contributed by atoms with Crippen molar-refractivity contribution in [2.75, 3.05) is 0 Å². The molecule has 0 aromatic carbocycles. The van der Waals surface area contributed by atoms with Gasteiger partial charge in [0, 0.05) is 5.03 Å². The summed E-state index contributed by atoms with van der Waals surface area (Å²) >= 11 is 5.36. The molecule has 0 spiro atoms. The van der Waals surface area contributed by atoms with Gasteiger partial charge in [0.05, 0.1) is 0 Å². The largest absolute Gasteiger partial charge is 0.129 e. The molecule has 0 saturated carbocycles. The summed E-state index contributed by atoms with van der Waals surface area (Å²) in [6.07, 6.45) is 5.05. The molecule has 1 heteroatoms. The van der Waals surface area contributed by atoms with E-state index in [0.29, 0.717) is 5.03 Å². The third kappa shape index (κ3) is 5.29. The third-order valence-corrected chi connectivity index (χ3v) is 0.617. The van der Waals surface area contributed by atoms with E-state index in [1.54, 1.807) is 18.2 Å². The Morgan fingerprint density at radius 3 is 2.62 bits per heavy atom. The summed E-state index contributed by atoms with van der Waals surface area (Å²) in [4.78, 5) is 0. The van der Waals surface area contributed by atoms with E-state index < -0.39 is 0 Å². The van der Waals surface area contributed by atoms with Crippen LogP contribution in [-0.2, 0) is 0 Å². The van der Waals surface area contributed by atoms with Crippen molar-refractivity contribution in [3.05, 3.63) is 42.1 Å². The maximum Gasteiger partial charge on any atom is 0.0334 e. The van der Waals surface area contributed by atoms with Crippen LogP contribution >= 0.6 is 11.6 Å². The summed E-state index contributed by atoms with van der Waals surface area (Å²) in [6, 6.07) is 0. The van der Waals surface area contributed by atoms with E-state index in [1.165, 1.54) is 0 Å². The zero-order valence-electron chi connectivity index (χ0n) is 4.52. The van der Waals surface area contributed by atoms with E-state index in [9.17, 15) is 0 Å². The Kier molecular flexibility index (Phi) is 4.05. The molecular weight excluding hydrogens is 120 g/mol. The van der Waals surface area contributed by atoms with Gasteiger partial charge in [-0.25, -0.2) is 0 Å². The average Bonchev–Trinajstić information content (AvgIpc) is 1.66. The molecule has 0 rings (SSSR count). The lowest BCUT2D eigenvalue weighted by molar-refractivity contribution is 1.91. The van der Waals surface area contributed by atoms with Crippen molar-refractivity contribution in [3.63, 3.8) is 0 Å². The second-order valence-electron chi connectivity index (χ2n) is 1.18. The molecule has 0 bridgehead atoms. The molecule has 0 radical (unpaired) electrons. The highest BCUT2D eigenvalue weighted by molar-refractivity contribution is 6.30. The van der Waals surface area contributed by atoms with Crippen LogP contribution in [0.3, 0.4) is 0 Å². The van der Waals surface area contributed by atoms with Crippen LogP contribution in [0.1, 0.15) is 0 Å². The molecule has 0 aromatic rings. The van der Waals surface area contributed by atoms with Gasteiger partial charge in [-0.1, -0.05) is 30.8 Å². The van der Waals surface area contributed by atoms with E-state index in [-0.39, 0.29) is 0 Å². The summed E-state index contributed by atoms with van der Waals surface area (Å²) in [5.41, 5.74) is 2.56. The molecule has 0 unspecified atom stereocenters. The lowest BCUT2D eigenvalue weighted by Gasteiger charge is -1.74. The Labute approximate surface area is 54.5 Å². The molecule has 0 heterocycles. The number of hydrogen-bond donors (Lipinski definition) is 0. The molecule has 0 aliphatic carbocycles. The first-order chi connectivity index (χ1) is 3.77. The number of hydrogen-bond acceptors (Lipinski definition) is 0. The minimum atomic E-state index is 0.511. The van der Waals surface area contributed by atoms with Gasteiger partial charge in [-0.15, -0.1) is 5.73 Å². The van der Waals surface area contributed by atoms with Gasteiger partial charge in [-0.2, -0.15) is 0 Å². The van der Waals surface area contributed by atoms with E-state index in [1.807, 2.05) is 0 Å². The molecule has 0 fully saturated rings. The summed E-state index contributed by atoms with van der Waals surface area (Å²) in [6.45, 7) is 6.79. The van der Waals surface area contributed by atoms with Crippen molar-refractivity contribution in [2.24, 2.45) is 0 Å². The zero-order valence-corrected chi connectivity index (χ0v) is 5.28. The topological polar surface area (TPSA) is 0 Å². The molecular formula is C7H7Cl. The predicted octanol–water partition coefficient (Wildman–Crippen LogP) is 2.64. The number of allylic oxidation sites excluding steroid dienone is 4. The lowest BCUT2D eigenvalue weighted by Crippen LogP contribution is -1.51. The minimum Gasteiger partial charge on any atom is -0.129 e. The average molecular weight is 127 g/mol. The minimum absolute atomic E-state index is 0.511. The van der Waals surface area contributed by atoms with Crippen molar-refractivity contribution >= 4 is 11.6 Å². The molecule has 0 atom stereocenters. The quantitative estimate of drug-likeness (QED) is 0.394. The van der Waals surface area contributed by atoms with Crippen LogP contribution in [0.2, 0.25) is 0 Å². The Balaban J connectivity index is 3.67. The van der Waals surface area contributed by atoms with E-state index >= 15 is 0 Å². The smallest absolute Gasteiger partial charge is 0.0334 e. The van der Waals surface area contributed by atoms with Crippen molar-refractivity contribution < 1.29 is 0 Å². The summed E-state index contributed by atoms with van der Waals surface area (Å²) < 4.78 is 0. The van der Waals surface area contributed by atoms with Gasteiger partial charge < -0.3 is 0 Å². The molecule has 0 aliphatic heterocycles. The van der Waals surface area contributed by atoms with Crippen molar-refractivity contribution in [1.82, 2.24) is 0 Å². The highest BCUT2D eigenvalue weighted by Crippen LogP contribution is 1.96. The predicted molar refractivity (Wildman–Crippen MR) is 37.8 cm³/mol. The molecule has 0 aliphatic rings. The number of rotatable bonds is 2.